The minimum absolute atomic E-state index is 0.0564. The molecule has 2 heterocycles. The number of anilines is 2. The van der Waals surface area contributed by atoms with Crippen molar-refractivity contribution in [3.8, 4) is 16.9 Å². The van der Waals surface area contributed by atoms with E-state index in [1.54, 1.807) is 6.07 Å². The van der Waals surface area contributed by atoms with Crippen molar-refractivity contribution in [3.63, 3.8) is 0 Å². The van der Waals surface area contributed by atoms with Crippen molar-refractivity contribution < 1.29 is 14.5 Å². The number of nitrogens with zero attached hydrogens (tertiary/aromatic N) is 3. The molecule has 37 heavy (non-hydrogen) atoms. The number of non-ortho nitro benzene ring substituents is 1. The highest BCUT2D eigenvalue weighted by molar-refractivity contribution is 5.99. The number of fused-ring (bicyclic) bond motifs is 6. The fourth-order valence-corrected chi connectivity index (χ4v) is 5.38. The Hall–Kier alpha value is -4.65. The highest BCUT2D eigenvalue weighted by Crippen LogP contribution is 2.40. The van der Waals surface area contributed by atoms with Gasteiger partial charge in [0, 0.05) is 36.6 Å². The fraction of sp³-hybridized carbons (Fsp3) is 0.167. The van der Waals surface area contributed by atoms with Gasteiger partial charge in [-0.25, -0.2) is 4.79 Å². The maximum atomic E-state index is 13.2. The number of esters is 1. The van der Waals surface area contributed by atoms with Gasteiger partial charge in [-0.1, -0.05) is 35.9 Å². The number of nitro groups is 1. The zero-order valence-corrected chi connectivity index (χ0v) is 20.6. The maximum Gasteiger partial charge on any atom is 0.344 e. The van der Waals surface area contributed by atoms with Crippen molar-refractivity contribution in [2.24, 2.45) is 0 Å². The largest absolute Gasteiger partial charge is 0.423 e. The highest BCUT2D eigenvalue weighted by Gasteiger charge is 2.30. The third-order valence-corrected chi connectivity index (χ3v) is 7.10. The van der Waals surface area contributed by atoms with Gasteiger partial charge in [0.2, 0.25) is 0 Å². The first-order valence-electron chi connectivity index (χ1n) is 12.2. The van der Waals surface area contributed by atoms with Crippen LogP contribution in [0.1, 0.15) is 32.6 Å². The quantitative estimate of drug-likeness (QED) is 0.142. The lowest BCUT2D eigenvalue weighted by Crippen LogP contribution is -2.46. The molecular formula is C30H25N3O4. The van der Waals surface area contributed by atoms with Crippen LogP contribution in [-0.2, 0) is 13.1 Å². The number of aryl methyl sites for hydroxylation is 2. The van der Waals surface area contributed by atoms with Crippen LogP contribution in [-0.4, -0.2) is 17.6 Å². The number of rotatable bonds is 4. The Morgan fingerprint density at radius 3 is 2.24 bits per heavy atom. The smallest absolute Gasteiger partial charge is 0.344 e. The summed E-state index contributed by atoms with van der Waals surface area (Å²) in [5.74, 6) is -0.241. The summed E-state index contributed by atoms with van der Waals surface area (Å²) in [6.07, 6.45) is 0. The topological polar surface area (TPSA) is 75.9 Å². The lowest BCUT2D eigenvalue weighted by Gasteiger charge is -2.45. The van der Waals surface area contributed by atoms with Crippen LogP contribution in [0.4, 0.5) is 17.1 Å². The molecule has 7 heteroatoms. The van der Waals surface area contributed by atoms with Crippen LogP contribution in [0.3, 0.4) is 0 Å². The van der Waals surface area contributed by atoms with Crippen molar-refractivity contribution in [2.45, 2.75) is 26.9 Å². The summed E-state index contributed by atoms with van der Waals surface area (Å²) in [4.78, 5) is 28.5. The molecule has 2 aliphatic heterocycles. The molecule has 0 unspecified atom stereocenters. The first-order chi connectivity index (χ1) is 17.9. The van der Waals surface area contributed by atoms with Crippen molar-refractivity contribution in [1.82, 2.24) is 0 Å². The van der Waals surface area contributed by atoms with Crippen LogP contribution in [0.15, 0.2) is 78.9 Å². The van der Waals surface area contributed by atoms with Gasteiger partial charge >= 0.3 is 5.97 Å². The number of benzene rings is 4. The monoisotopic (exact) mass is 491 g/mol. The molecule has 0 amide bonds. The zero-order chi connectivity index (χ0) is 25.7. The van der Waals surface area contributed by atoms with E-state index in [0.717, 1.165) is 36.4 Å². The van der Waals surface area contributed by atoms with Gasteiger partial charge in [0.25, 0.3) is 5.69 Å². The molecule has 0 aromatic heterocycles. The van der Waals surface area contributed by atoms with E-state index in [9.17, 15) is 14.9 Å². The summed E-state index contributed by atoms with van der Waals surface area (Å²) in [6, 6.07) is 24.2. The second-order valence-electron chi connectivity index (χ2n) is 9.65. The maximum absolute atomic E-state index is 13.2. The van der Waals surface area contributed by atoms with Crippen LogP contribution in [0.2, 0.25) is 0 Å². The van der Waals surface area contributed by atoms with Gasteiger partial charge in [0.1, 0.15) is 5.75 Å². The van der Waals surface area contributed by atoms with Crippen LogP contribution in [0, 0.1) is 24.0 Å². The molecule has 0 atom stereocenters. The number of hydrogen-bond donors (Lipinski definition) is 0. The Morgan fingerprint density at radius 1 is 0.865 bits per heavy atom. The fourth-order valence-electron chi connectivity index (χ4n) is 5.38. The second-order valence-corrected chi connectivity index (χ2v) is 9.65. The van der Waals surface area contributed by atoms with Crippen LogP contribution < -0.4 is 14.5 Å². The lowest BCUT2D eigenvalue weighted by atomic mass is 9.92. The van der Waals surface area contributed by atoms with Crippen LogP contribution in [0.25, 0.3) is 11.1 Å². The average Bonchev–Trinajstić information content (AvgIpc) is 2.88. The Morgan fingerprint density at radius 2 is 1.54 bits per heavy atom. The molecule has 0 spiro atoms. The van der Waals surface area contributed by atoms with Gasteiger partial charge in [0.05, 0.1) is 17.2 Å². The van der Waals surface area contributed by atoms with E-state index in [-0.39, 0.29) is 11.4 Å². The number of nitro benzene ring substituents is 1. The summed E-state index contributed by atoms with van der Waals surface area (Å²) in [6.45, 7) is 6.64. The summed E-state index contributed by atoms with van der Waals surface area (Å²) in [5, 5.41) is 10.9. The molecule has 0 saturated heterocycles. The highest BCUT2D eigenvalue weighted by atomic mass is 16.6. The van der Waals surface area contributed by atoms with Gasteiger partial charge in [-0.2, -0.15) is 0 Å². The third kappa shape index (κ3) is 4.08. The van der Waals surface area contributed by atoms with E-state index in [0.29, 0.717) is 5.56 Å². The minimum Gasteiger partial charge on any atom is -0.423 e. The number of hydrogen-bond acceptors (Lipinski definition) is 6. The lowest BCUT2D eigenvalue weighted by molar-refractivity contribution is -0.384. The Labute approximate surface area is 214 Å². The minimum atomic E-state index is -0.501. The average molecular weight is 492 g/mol. The predicted molar refractivity (Wildman–Crippen MR) is 143 cm³/mol. The summed E-state index contributed by atoms with van der Waals surface area (Å²) >= 11 is 0. The molecule has 0 N–H and O–H groups in total. The SMILES string of the molecule is Cc1ccc2c(c1)CN1CN2Cc2cc(-c3c(C)cccc3C(=O)Oc3ccc([N+](=O)[O-])cc3)ccc21. The van der Waals surface area contributed by atoms with Crippen molar-refractivity contribution in [1.29, 1.82) is 0 Å². The van der Waals surface area contributed by atoms with Gasteiger partial charge in [-0.3, -0.25) is 10.1 Å². The molecule has 2 bridgehead atoms. The van der Waals surface area contributed by atoms with Crippen molar-refractivity contribution in [2.75, 3.05) is 16.5 Å². The van der Waals surface area contributed by atoms with Gasteiger partial charge in [-0.15, -0.1) is 0 Å². The molecule has 2 aliphatic rings. The van der Waals surface area contributed by atoms with Gasteiger partial charge in [-0.05, 0) is 78.1 Å². The first kappa shape index (κ1) is 22.8. The zero-order valence-electron chi connectivity index (χ0n) is 20.6. The first-order valence-corrected chi connectivity index (χ1v) is 12.2. The molecule has 0 saturated carbocycles. The summed E-state index contributed by atoms with van der Waals surface area (Å²) < 4.78 is 5.60. The van der Waals surface area contributed by atoms with E-state index in [1.165, 1.54) is 52.3 Å². The molecule has 0 fully saturated rings. The molecule has 6 rings (SSSR count). The molecule has 0 radical (unpaired) electrons. The second kappa shape index (κ2) is 8.78. The van der Waals surface area contributed by atoms with E-state index in [4.69, 9.17) is 4.74 Å². The Balaban J connectivity index is 1.33. The van der Waals surface area contributed by atoms with E-state index >= 15 is 0 Å². The standard InChI is InChI=1S/C30H25N3O4/c1-19-6-12-27-22(14-19)16-31-18-32(27)17-23-15-21(7-13-28(23)31)29-20(2)4-3-5-26(29)30(34)37-25-10-8-24(9-11-25)33(35)36/h3-15H,16-18H2,1-2H3. The van der Waals surface area contributed by atoms with Gasteiger partial charge < -0.3 is 14.5 Å². The Kier molecular flexibility index (Phi) is 5.41. The molecule has 7 nitrogen and oxygen atoms in total. The van der Waals surface area contributed by atoms with E-state index < -0.39 is 10.9 Å². The van der Waals surface area contributed by atoms with E-state index in [1.807, 2.05) is 19.1 Å². The molecule has 4 aromatic carbocycles. The summed E-state index contributed by atoms with van der Waals surface area (Å²) in [7, 11) is 0. The van der Waals surface area contributed by atoms with Crippen LogP contribution >= 0.6 is 0 Å². The number of ether oxygens (including phenoxy) is 1. The van der Waals surface area contributed by atoms with Crippen LogP contribution in [0.5, 0.6) is 5.75 Å². The molecule has 0 aliphatic carbocycles. The summed E-state index contributed by atoms with van der Waals surface area (Å²) in [5.41, 5.74) is 9.48. The van der Waals surface area contributed by atoms with Crippen molar-refractivity contribution in [3.05, 3.63) is 117 Å². The van der Waals surface area contributed by atoms with Crippen molar-refractivity contribution >= 4 is 23.0 Å². The van der Waals surface area contributed by atoms with E-state index in [2.05, 4.69) is 53.1 Å². The molecular weight excluding hydrogens is 466 g/mol. The molecule has 4 aromatic rings. The number of carbonyl (C=O) groups excluding carboxylic acids is 1. The normalized spacial score (nSPS) is 13.6. The third-order valence-electron chi connectivity index (χ3n) is 7.10. The molecule has 184 valence electrons. The Bertz CT molecular complexity index is 1560. The predicted octanol–water partition coefficient (Wildman–Crippen LogP) is 6.40. The van der Waals surface area contributed by atoms with Gasteiger partial charge in [0.15, 0.2) is 0 Å². The number of carbonyl (C=O) groups is 1.